The monoisotopic (exact) mass is 791 g/mol. The van der Waals surface area contributed by atoms with E-state index in [4.69, 9.17) is 30.4 Å². The summed E-state index contributed by atoms with van der Waals surface area (Å²) in [6, 6.07) is 16.2. The number of hydrogen-bond donors (Lipinski definition) is 2. The van der Waals surface area contributed by atoms with Gasteiger partial charge in [0.25, 0.3) is 0 Å². The molecule has 1 aliphatic rings. The molecule has 1 aliphatic carbocycles. The zero-order valence-corrected chi connectivity index (χ0v) is 38.3. The predicted octanol–water partition coefficient (Wildman–Crippen LogP) is 12.6. The molecule has 0 aromatic heterocycles. The molecule has 4 aromatic rings. The minimum absolute atomic E-state index is 0.0946. The number of nitrogens with two attached hydrogens (primary N) is 2. The fourth-order valence-corrected chi connectivity index (χ4v) is 7.84. The Morgan fingerprint density at radius 3 is 0.931 bits per heavy atom. The van der Waals surface area contributed by atoms with Crippen molar-refractivity contribution in [2.75, 3.05) is 37.9 Å². The second-order valence-corrected chi connectivity index (χ2v) is 19.6. The molecule has 6 nitrogen and oxygen atoms in total. The van der Waals surface area contributed by atoms with Crippen molar-refractivity contribution in [3.8, 4) is 23.0 Å². The van der Waals surface area contributed by atoms with E-state index in [9.17, 15) is 0 Å². The van der Waals surface area contributed by atoms with Crippen LogP contribution in [0.5, 0.6) is 23.0 Å². The van der Waals surface area contributed by atoms with Gasteiger partial charge in [0.1, 0.15) is 23.0 Å². The van der Waals surface area contributed by atoms with Crippen molar-refractivity contribution < 1.29 is 18.9 Å². The molecule has 0 aliphatic heterocycles. The van der Waals surface area contributed by atoms with E-state index in [2.05, 4.69) is 126 Å². The highest BCUT2D eigenvalue weighted by atomic mass is 16.5. The molecule has 0 saturated heterocycles. The third-order valence-electron chi connectivity index (χ3n) is 11.2. The van der Waals surface area contributed by atoms with Crippen LogP contribution in [-0.2, 0) is 41.9 Å². The normalized spacial score (nSPS) is 13.3. The molecule has 0 atom stereocenters. The number of anilines is 2. The van der Waals surface area contributed by atoms with Crippen LogP contribution in [0, 0.1) is 0 Å². The summed E-state index contributed by atoms with van der Waals surface area (Å²) in [7, 11) is 0. The lowest BCUT2D eigenvalue weighted by molar-refractivity contribution is 0.304. The van der Waals surface area contributed by atoms with Gasteiger partial charge < -0.3 is 30.4 Å². The molecule has 4 N–H and O–H groups in total. The quantitative estimate of drug-likeness (QED) is 0.122. The number of nitrogen functional groups attached to an aromatic ring is 2. The van der Waals surface area contributed by atoms with E-state index in [1.165, 1.54) is 27.8 Å². The number of benzene rings is 4. The minimum atomic E-state index is -0.121. The van der Waals surface area contributed by atoms with E-state index < -0.39 is 0 Å². The van der Waals surface area contributed by atoms with Crippen LogP contribution >= 0.6 is 0 Å². The van der Waals surface area contributed by atoms with E-state index >= 15 is 0 Å². The first-order valence-corrected chi connectivity index (χ1v) is 22.0. The largest absolute Gasteiger partial charge is 0.493 e. The average molecular weight is 791 g/mol. The summed E-state index contributed by atoms with van der Waals surface area (Å²) in [4.78, 5) is 0. The van der Waals surface area contributed by atoms with Gasteiger partial charge in [0.15, 0.2) is 0 Å². The first-order valence-electron chi connectivity index (χ1n) is 22.0. The fraction of sp³-hybridized carbons (Fsp3) is 0.538. The van der Waals surface area contributed by atoms with Crippen molar-refractivity contribution in [3.63, 3.8) is 0 Å². The van der Waals surface area contributed by atoms with Gasteiger partial charge in [-0.3, -0.25) is 0 Å². The fourth-order valence-electron chi connectivity index (χ4n) is 7.84. The summed E-state index contributed by atoms with van der Waals surface area (Å²) >= 11 is 0. The first kappa shape index (κ1) is 44.8. The summed E-state index contributed by atoms with van der Waals surface area (Å²) < 4.78 is 27.4. The van der Waals surface area contributed by atoms with E-state index in [1.807, 2.05) is 6.07 Å². The van der Waals surface area contributed by atoms with Gasteiger partial charge in [-0.15, -0.1) is 0 Å². The Bertz CT molecular complexity index is 2060. The molecule has 5 rings (SSSR count). The van der Waals surface area contributed by atoms with Crippen molar-refractivity contribution in [2.24, 2.45) is 0 Å². The van der Waals surface area contributed by atoms with Crippen LogP contribution in [0.15, 0.2) is 42.5 Å². The van der Waals surface area contributed by atoms with Crippen LogP contribution in [0.2, 0.25) is 0 Å². The average Bonchev–Trinajstić information content (AvgIpc) is 3.13. The Labute approximate surface area is 351 Å². The lowest BCUT2D eigenvalue weighted by atomic mass is 9.80. The molecule has 8 bridgehead atoms. The second kappa shape index (κ2) is 18.3. The molecule has 0 saturated carbocycles. The highest BCUT2D eigenvalue weighted by molar-refractivity contribution is 5.75. The predicted molar refractivity (Wildman–Crippen MR) is 245 cm³/mol. The number of fused-ring (bicyclic) bond motifs is 8. The van der Waals surface area contributed by atoms with E-state index in [0.29, 0.717) is 63.5 Å². The molecule has 0 amide bonds. The Balaban J connectivity index is 2.00. The van der Waals surface area contributed by atoms with Crippen molar-refractivity contribution in [1.82, 2.24) is 0 Å². The van der Waals surface area contributed by atoms with Crippen LogP contribution in [-0.4, -0.2) is 26.4 Å². The lowest BCUT2D eigenvalue weighted by Crippen LogP contribution is -2.17. The molecule has 0 heterocycles. The van der Waals surface area contributed by atoms with Gasteiger partial charge in [0.2, 0.25) is 0 Å². The second-order valence-electron chi connectivity index (χ2n) is 19.6. The molecular weight excluding hydrogens is 717 g/mol. The summed E-state index contributed by atoms with van der Waals surface area (Å²) in [5.74, 6) is 3.61. The van der Waals surface area contributed by atoms with E-state index in [0.717, 1.165) is 82.1 Å². The molecule has 0 spiro atoms. The van der Waals surface area contributed by atoms with Crippen LogP contribution in [0.25, 0.3) is 0 Å². The Morgan fingerprint density at radius 1 is 0.397 bits per heavy atom. The maximum atomic E-state index is 7.05. The zero-order valence-electron chi connectivity index (χ0n) is 38.3. The maximum absolute atomic E-state index is 7.05. The number of hydrogen-bond acceptors (Lipinski definition) is 6. The third kappa shape index (κ3) is 10.3. The maximum Gasteiger partial charge on any atom is 0.128 e. The van der Waals surface area contributed by atoms with Gasteiger partial charge in [-0.1, -0.05) is 126 Å². The van der Waals surface area contributed by atoms with E-state index in [1.54, 1.807) is 0 Å². The number of rotatable bonds is 12. The van der Waals surface area contributed by atoms with Gasteiger partial charge >= 0.3 is 0 Å². The molecule has 58 heavy (non-hydrogen) atoms. The summed E-state index contributed by atoms with van der Waals surface area (Å²) in [6.07, 6.45) is 5.96. The molecule has 0 unspecified atom stereocenters. The standard InChI is InChI=1S/C52H74N2O4/c1-14-18-55-46-33-22-34-26-41(51(8,9)10)29-37(47(34)56-19-15-2)24-38-32-44(53)45(54)43(49(38)58-21-17-4)31-39-30-42(52(11,12)13)28-36(48(39)57-20-16-3)23-35(46)27-40(25-33)50(5,6)7/h25-30,32H,14-24,31,53-54H2,1-13H3. The van der Waals surface area contributed by atoms with Crippen LogP contribution in [0.1, 0.15) is 177 Å². The smallest absolute Gasteiger partial charge is 0.128 e. The zero-order chi connectivity index (χ0) is 42.6. The topological polar surface area (TPSA) is 89.0 Å². The Kier molecular flexibility index (Phi) is 14.1. The Hall–Kier alpha value is -4.32. The minimum Gasteiger partial charge on any atom is -0.493 e. The lowest BCUT2D eigenvalue weighted by Gasteiger charge is -2.29. The number of ether oxygens (including phenoxy) is 4. The molecule has 4 aromatic carbocycles. The SMILES string of the molecule is CCCOc1c2cc(C(C)(C)C)cc1Cc1cc(C(C)(C)C)cc(c1OCCC)Cc1c(N)c(N)cc(c1OCCC)Cc1cc(C(C)(C)C)cc(c1OCCC)C2. The van der Waals surface area contributed by atoms with Gasteiger partial charge in [0, 0.05) is 36.8 Å². The van der Waals surface area contributed by atoms with Gasteiger partial charge in [-0.25, -0.2) is 0 Å². The first-order chi connectivity index (χ1) is 27.3. The molecule has 0 fully saturated rings. The Morgan fingerprint density at radius 2 is 0.655 bits per heavy atom. The van der Waals surface area contributed by atoms with Crippen molar-refractivity contribution in [1.29, 1.82) is 0 Å². The summed E-state index contributed by atoms with van der Waals surface area (Å²) in [5, 5.41) is 0. The van der Waals surface area contributed by atoms with Crippen LogP contribution in [0.4, 0.5) is 11.4 Å². The van der Waals surface area contributed by atoms with Crippen LogP contribution < -0.4 is 30.4 Å². The van der Waals surface area contributed by atoms with Crippen molar-refractivity contribution in [3.05, 3.63) is 104 Å². The highest BCUT2D eigenvalue weighted by Crippen LogP contribution is 2.45. The molecule has 0 radical (unpaired) electrons. The van der Waals surface area contributed by atoms with Gasteiger partial charge in [-0.2, -0.15) is 0 Å². The summed E-state index contributed by atoms with van der Waals surface area (Å²) in [5.41, 5.74) is 27.3. The van der Waals surface area contributed by atoms with Crippen LogP contribution in [0.3, 0.4) is 0 Å². The van der Waals surface area contributed by atoms with E-state index in [-0.39, 0.29) is 16.2 Å². The molecule has 316 valence electrons. The molecular formula is C52H74N2O4. The van der Waals surface area contributed by atoms with Crippen molar-refractivity contribution >= 4 is 11.4 Å². The third-order valence-corrected chi connectivity index (χ3v) is 11.2. The highest BCUT2D eigenvalue weighted by Gasteiger charge is 2.29. The van der Waals surface area contributed by atoms with Crippen molar-refractivity contribution in [2.45, 2.75) is 158 Å². The molecule has 6 heteroatoms. The summed E-state index contributed by atoms with van der Waals surface area (Å²) in [6.45, 7) is 31.7. The van der Waals surface area contributed by atoms with Gasteiger partial charge in [-0.05, 0) is 98.1 Å². The van der Waals surface area contributed by atoms with Gasteiger partial charge in [0.05, 0.1) is 37.8 Å².